The molecule has 4 aromatic rings. The van der Waals surface area contributed by atoms with Crippen LogP contribution in [0.25, 0.3) is 0 Å². The van der Waals surface area contributed by atoms with Crippen molar-refractivity contribution in [2.24, 2.45) is 4.99 Å². The fraction of sp³-hybridized carbons (Fsp3) is 0.265. The molecule has 4 aromatic carbocycles. The Morgan fingerprint density at radius 3 is 1.64 bits per heavy atom. The lowest BCUT2D eigenvalue weighted by Gasteiger charge is -2.39. The summed E-state index contributed by atoms with van der Waals surface area (Å²) in [5, 5.41) is 1.04. The molecule has 0 unspecified atom stereocenters. The smallest absolute Gasteiger partial charge is 0.105 e. The van der Waals surface area contributed by atoms with Crippen molar-refractivity contribution in [1.82, 2.24) is 0 Å². The van der Waals surface area contributed by atoms with Gasteiger partial charge in [0.1, 0.15) is 5.04 Å². The number of nitrogens with zero attached hydrogens (tertiary/aromatic N) is 4. The second-order valence-corrected chi connectivity index (χ2v) is 11.5. The normalized spacial score (nSPS) is 13.8. The van der Waals surface area contributed by atoms with Gasteiger partial charge in [-0.25, -0.2) is 4.99 Å². The van der Waals surface area contributed by atoms with Crippen LogP contribution < -0.4 is 14.7 Å². The van der Waals surface area contributed by atoms with Gasteiger partial charge in [-0.05, 0) is 61.4 Å². The number of hydrogen-bond acceptors (Lipinski definition) is 5. The molecule has 5 heteroatoms. The molecule has 0 atom stereocenters. The van der Waals surface area contributed by atoms with Gasteiger partial charge in [0, 0.05) is 69.5 Å². The minimum Gasteiger partial charge on any atom is -0.378 e. The Labute approximate surface area is 238 Å². The molecule has 0 saturated heterocycles. The molecule has 200 valence electrons. The summed E-state index contributed by atoms with van der Waals surface area (Å²) in [5.41, 5.74) is 9.47. The molecule has 5 rings (SSSR count). The third-order valence-corrected chi connectivity index (χ3v) is 9.08. The average molecular weight is 535 g/mol. The number of thioether (sulfide) groups is 1. The van der Waals surface area contributed by atoms with Crippen LogP contribution in [0.5, 0.6) is 0 Å². The maximum absolute atomic E-state index is 5.30. The van der Waals surface area contributed by atoms with Gasteiger partial charge in [-0.3, -0.25) is 0 Å². The van der Waals surface area contributed by atoms with Crippen LogP contribution in [0.3, 0.4) is 0 Å². The lowest BCUT2D eigenvalue weighted by molar-refractivity contribution is 0.860. The molecule has 0 N–H and O–H groups in total. The maximum atomic E-state index is 5.30. The molecule has 0 aromatic heterocycles. The lowest BCUT2D eigenvalue weighted by Crippen LogP contribution is -2.30. The molecular weight excluding hydrogens is 496 g/mol. The minimum atomic E-state index is -0.459. The molecule has 1 aliphatic rings. The van der Waals surface area contributed by atoms with Crippen LogP contribution in [0.4, 0.5) is 22.7 Å². The van der Waals surface area contributed by atoms with E-state index in [1.54, 1.807) is 0 Å². The van der Waals surface area contributed by atoms with E-state index in [2.05, 4.69) is 154 Å². The Kier molecular flexibility index (Phi) is 7.72. The van der Waals surface area contributed by atoms with Crippen molar-refractivity contribution in [1.29, 1.82) is 0 Å². The highest BCUT2D eigenvalue weighted by Gasteiger charge is 2.43. The molecule has 1 heterocycles. The van der Waals surface area contributed by atoms with Gasteiger partial charge in [-0.1, -0.05) is 72.4 Å². The monoisotopic (exact) mass is 534 g/mol. The quantitative estimate of drug-likeness (QED) is 0.230. The number of hydrogen-bond donors (Lipinski definition) is 0. The van der Waals surface area contributed by atoms with Crippen LogP contribution in [0.1, 0.15) is 36.1 Å². The summed E-state index contributed by atoms with van der Waals surface area (Å²) in [4.78, 5) is 12.0. The average Bonchev–Trinajstić information content (AvgIpc) is 2.97. The third kappa shape index (κ3) is 5.04. The molecule has 0 radical (unpaired) electrons. The van der Waals surface area contributed by atoms with Crippen LogP contribution in [0, 0.1) is 0 Å². The zero-order chi connectivity index (χ0) is 27.6. The number of rotatable bonds is 8. The van der Waals surface area contributed by atoms with E-state index in [-0.39, 0.29) is 0 Å². The first-order valence-electron chi connectivity index (χ1n) is 13.7. The molecule has 39 heavy (non-hydrogen) atoms. The lowest BCUT2D eigenvalue weighted by atomic mass is 9.82. The molecule has 0 spiro atoms. The van der Waals surface area contributed by atoms with Crippen molar-refractivity contribution in [2.75, 3.05) is 56.0 Å². The van der Waals surface area contributed by atoms with Gasteiger partial charge in [0.15, 0.2) is 0 Å². The standard InChI is InChI=1S/C34H38N4S/c1-7-38(8-2)30-22-23-31-32(24-30)35-33(25-12-10-9-11-13-25)39-34(31,26-14-18-28(19-15-26)36(3)4)27-16-20-29(21-17-27)37(5)6/h9-24H,7-8H2,1-6H3. The van der Waals surface area contributed by atoms with Crippen molar-refractivity contribution in [2.45, 2.75) is 18.6 Å². The zero-order valence-electron chi connectivity index (χ0n) is 23.8. The summed E-state index contributed by atoms with van der Waals surface area (Å²) in [7, 11) is 8.35. The van der Waals surface area contributed by atoms with Crippen molar-refractivity contribution < 1.29 is 0 Å². The van der Waals surface area contributed by atoms with Crippen LogP contribution in [-0.4, -0.2) is 46.3 Å². The molecule has 0 fully saturated rings. The van der Waals surface area contributed by atoms with Gasteiger partial charge in [0.2, 0.25) is 0 Å². The largest absolute Gasteiger partial charge is 0.378 e. The van der Waals surface area contributed by atoms with Gasteiger partial charge in [-0.15, -0.1) is 0 Å². The first kappa shape index (κ1) is 26.9. The maximum Gasteiger partial charge on any atom is 0.105 e. The van der Waals surface area contributed by atoms with E-state index >= 15 is 0 Å². The summed E-state index contributed by atoms with van der Waals surface area (Å²) in [6, 6.07) is 35.5. The Morgan fingerprint density at radius 2 is 1.15 bits per heavy atom. The Hall–Kier alpha value is -3.70. The van der Waals surface area contributed by atoms with Crippen LogP contribution in [-0.2, 0) is 4.75 Å². The van der Waals surface area contributed by atoms with Crippen LogP contribution in [0.15, 0.2) is 102 Å². The van der Waals surface area contributed by atoms with Gasteiger partial charge in [0.25, 0.3) is 0 Å². The summed E-state index contributed by atoms with van der Waals surface area (Å²) in [6.45, 7) is 6.34. The van der Waals surface area contributed by atoms with E-state index in [1.807, 2.05) is 11.8 Å². The molecule has 4 nitrogen and oxygen atoms in total. The Morgan fingerprint density at radius 1 is 0.641 bits per heavy atom. The van der Waals surface area contributed by atoms with Crippen LogP contribution in [0.2, 0.25) is 0 Å². The van der Waals surface area contributed by atoms with Gasteiger partial charge in [0.05, 0.1) is 10.4 Å². The Balaban J connectivity index is 1.80. The second kappa shape index (κ2) is 11.2. The fourth-order valence-electron chi connectivity index (χ4n) is 5.32. The van der Waals surface area contributed by atoms with Crippen molar-refractivity contribution >= 4 is 39.6 Å². The molecule has 0 amide bonds. The Bertz CT molecular complexity index is 1390. The highest BCUT2D eigenvalue weighted by Crippen LogP contribution is 2.56. The summed E-state index contributed by atoms with van der Waals surface area (Å²) in [6.07, 6.45) is 0. The van der Waals surface area contributed by atoms with Gasteiger partial charge in [-0.2, -0.15) is 0 Å². The van der Waals surface area contributed by atoms with E-state index in [0.29, 0.717) is 0 Å². The molecule has 1 aliphatic heterocycles. The number of aliphatic imine (C=N–C) groups is 1. The predicted molar refractivity (Wildman–Crippen MR) is 172 cm³/mol. The van der Waals surface area contributed by atoms with E-state index in [9.17, 15) is 0 Å². The predicted octanol–water partition coefficient (Wildman–Crippen LogP) is 7.78. The van der Waals surface area contributed by atoms with Crippen molar-refractivity contribution in [3.8, 4) is 0 Å². The highest BCUT2D eigenvalue weighted by molar-refractivity contribution is 8.15. The molecule has 0 bridgehead atoms. The van der Waals surface area contributed by atoms with Crippen molar-refractivity contribution in [3.05, 3.63) is 119 Å². The summed E-state index contributed by atoms with van der Waals surface area (Å²) >= 11 is 1.84. The second-order valence-electron chi connectivity index (χ2n) is 10.3. The number of fused-ring (bicyclic) bond motifs is 1. The third-order valence-electron chi connectivity index (χ3n) is 7.56. The summed E-state index contributed by atoms with van der Waals surface area (Å²) in [5.74, 6) is 0. The SMILES string of the molecule is CCN(CC)c1ccc2c(c1)N=C(c1ccccc1)SC2(c1ccc(N(C)C)cc1)c1ccc(N(C)C)cc1. The molecule has 0 saturated carbocycles. The van der Waals surface area contributed by atoms with E-state index in [4.69, 9.17) is 4.99 Å². The zero-order valence-corrected chi connectivity index (χ0v) is 24.7. The minimum absolute atomic E-state index is 0.459. The fourth-order valence-corrected chi connectivity index (χ4v) is 6.79. The number of anilines is 3. The van der Waals surface area contributed by atoms with E-state index in [0.717, 1.165) is 29.4 Å². The van der Waals surface area contributed by atoms with Crippen molar-refractivity contribution in [3.63, 3.8) is 0 Å². The first-order chi connectivity index (χ1) is 18.9. The highest BCUT2D eigenvalue weighted by atomic mass is 32.2. The molecule has 0 aliphatic carbocycles. The van der Waals surface area contributed by atoms with Gasteiger partial charge >= 0.3 is 0 Å². The molecular formula is C34H38N4S. The van der Waals surface area contributed by atoms with Gasteiger partial charge < -0.3 is 14.7 Å². The number of benzene rings is 4. The summed E-state index contributed by atoms with van der Waals surface area (Å²) < 4.78 is -0.459. The topological polar surface area (TPSA) is 22.1 Å². The first-order valence-corrected chi connectivity index (χ1v) is 14.5. The van der Waals surface area contributed by atoms with E-state index in [1.165, 1.54) is 33.8 Å². The van der Waals surface area contributed by atoms with Crippen LogP contribution >= 0.6 is 11.8 Å². The van der Waals surface area contributed by atoms with E-state index < -0.39 is 4.75 Å².